The lowest BCUT2D eigenvalue weighted by Gasteiger charge is -2.20. The minimum atomic E-state index is -0.500. The van der Waals surface area contributed by atoms with Crippen LogP contribution in [0.2, 0.25) is 0 Å². The van der Waals surface area contributed by atoms with Crippen molar-refractivity contribution < 1.29 is 19.0 Å². The van der Waals surface area contributed by atoms with Crippen molar-refractivity contribution in [3.8, 4) is 0 Å². The summed E-state index contributed by atoms with van der Waals surface area (Å²) in [6.45, 7) is 10.1. The fourth-order valence-electron chi connectivity index (χ4n) is 3.21. The third-order valence-corrected chi connectivity index (χ3v) is 4.99. The van der Waals surface area contributed by atoms with Gasteiger partial charge in [0.25, 0.3) is 0 Å². The van der Waals surface area contributed by atoms with E-state index in [0.717, 1.165) is 28.1 Å². The van der Waals surface area contributed by atoms with Crippen LogP contribution in [0.25, 0.3) is 11.3 Å². The molecular weight excluding hydrogens is 394 g/mol. The van der Waals surface area contributed by atoms with Crippen molar-refractivity contribution >= 4 is 23.5 Å². The Hall–Kier alpha value is -2.93. The minimum absolute atomic E-state index is 0.0475. The smallest absolute Gasteiger partial charge is 0.334 e. The highest BCUT2D eigenvalue weighted by Gasteiger charge is 2.21. The van der Waals surface area contributed by atoms with E-state index in [0.29, 0.717) is 5.76 Å². The lowest BCUT2D eigenvalue weighted by molar-refractivity contribution is -0.155. The van der Waals surface area contributed by atoms with Crippen LogP contribution in [0.4, 0.5) is 0 Å². The highest BCUT2D eigenvalue weighted by molar-refractivity contribution is 6.18. The van der Waals surface area contributed by atoms with Crippen LogP contribution in [0.3, 0.4) is 0 Å². The van der Waals surface area contributed by atoms with Gasteiger partial charge in [-0.1, -0.05) is 45.0 Å². The normalized spacial score (nSPS) is 12.8. The highest BCUT2D eigenvalue weighted by atomic mass is 16.7. The number of aliphatic imine (C=N–C) groups is 1. The number of hydrogen-bond acceptors (Lipinski definition) is 6. The third-order valence-electron chi connectivity index (χ3n) is 4.99. The van der Waals surface area contributed by atoms with Crippen LogP contribution in [-0.4, -0.2) is 49.5 Å². The van der Waals surface area contributed by atoms with Crippen molar-refractivity contribution in [1.29, 1.82) is 0 Å². The van der Waals surface area contributed by atoms with Gasteiger partial charge in [0, 0.05) is 38.6 Å². The van der Waals surface area contributed by atoms with Crippen LogP contribution >= 0.6 is 0 Å². The summed E-state index contributed by atoms with van der Waals surface area (Å²) in [5.41, 5.74) is 5.67. The van der Waals surface area contributed by atoms with E-state index in [-0.39, 0.29) is 18.8 Å². The van der Waals surface area contributed by atoms with Gasteiger partial charge in [-0.25, -0.2) is 4.79 Å². The molecule has 0 fully saturated rings. The van der Waals surface area contributed by atoms with Crippen LogP contribution in [0.1, 0.15) is 48.8 Å². The number of aryl methyl sites for hydroxylation is 2. The second kappa shape index (κ2) is 10.4. The van der Waals surface area contributed by atoms with E-state index in [9.17, 15) is 4.79 Å². The Morgan fingerprint density at radius 1 is 1.16 bits per heavy atom. The average molecular weight is 428 g/mol. The van der Waals surface area contributed by atoms with Gasteiger partial charge in [-0.3, -0.25) is 9.67 Å². The quantitative estimate of drug-likeness (QED) is 0.275. The van der Waals surface area contributed by atoms with Crippen LogP contribution in [0.15, 0.2) is 29.3 Å². The SMILES string of the molecule is C/N=C\C(=C(\OCOC(=O)COC)c1c(C)c(C)nn1C)c1ccc(C(C)(C)C)cc1. The van der Waals surface area contributed by atoms with Crippen LogP contribution in [0, 0.1) is 13.8 Å². The summed E-state index contributed by atoms with van der Waals surface area (Å²) < 4.78 is 17.7. The van der Waals surface area contributed by atoms with Crippen molar-refractivity contribution in [2.45, 2.75) is 40.0 Å². The number of allylic oxidation sites excluding steroid dienone is 1. The second-order valence-electron chi connectivity index (χ2n) is 8.35. The molecule has 7 heteroatoms. The molecule has 31 heavy (non-hydrogen) atoms. The van der Waals surface area contributed by atoms with E-state index in [1.807, 2.05) is 20.9 Å². The summed E-state index contributed by atoms with van der Waals surface area (Å²) >= 11 is 0. The molecule has 0 aliphatic carbocycles. The molecule has 0 saturated carbocycles. The molecule has 0 aliphatic heterocycles. The maximum absolute atomic E-state index is 11.7. The Morgan fingerprint density at radius 3 is 2.29 bits per heavy atom. The predicted molar refractivity (Wildman–Crippen MR) is 123 cm³/mol. The molecule has 0 saturated heterocycles. The fraction of sp³-hybridized carbons (Fsp3) is 0.458. The Bertz CT molecular complexity index is 964. The summed E-state index contributed by atoms with van der Waals surface area (Å²) in [6.07, 6.45) is 1.75. The summed E-state index contributed by atoms with van der Waals surface area (Å²) in [6, 6.07) is 8.32. The van der Waals surface area contributed by atoms with Gasteiger partial charge in [0.05, 0.1) is 5.69 Å². The number of carbonyl (C=O) groups is 1. The Kier molecular flexibility index (Phi) is 8.16. The van der Waals surface area contributed by atoms with Gasteiger partial charge in [0.1, 0.15) is 12.3 Å². The number of hydrogen-bond donors (Lipinski definition) is 0. The average Bonchev–Trinajstić information content (AvgIpc) is 2.95. The molecule has 1 heterocycles. The van der Waals surface area contributed by atoms with Gasteiger partial charge < -0.3 is 14.2 Å². The molecule has 0 spiro atoms. The molecule has 0 amide bonds. The third kappa shape index (κ3) is 6.04. The van der Waals surface area contributed by atoms with Gasteiger partial charge >= 0.3 is 5.97 Å². The molecule has 0 atom stereocenters. The molecule has 1 aromatic carbocycles. The maximum Gasteiger partial charge on any atom is 0.334 e. The number of esters is 1. The lowest BCUT2D eigenvalue weighted by Crippen LogP contribution is -2.15. The van der Waals surface area contributed by atoms with Gasteiger partial charge in [-0.15, -0.1) is 0 Å². The highest BCUT2D eigenvalue weighted by Crippen LogP contribution is 2.31. The first-order valence-electron chi connectivity index (χ1n) is 10.2. The van der Waals surface area contributed by atoms with Gasteiger partial charge in [0.15, 0.2) is 5.76 Å². The molecule has 0 bridgehead atoms. The molecule has 7 nitrogen and oxygen atoms in total. The number of rotatable bonds is 8. The molecule has 0 N–H and O–H groups in total. The zero-order valence-electron chi connectivity index (χ0n) is 19.8. The van der Waals surface area contributed by atoms with Crippen molar-refractivity contribution in [2.75, 3.05) is 27.6 Å². The Labute approximate surface area is 184 Å². The first kappa shape index (κ1) is 24.3. The summed E-state index contributed by atoms with van der Waals surface area (Å²) in [5.74, 6) is 0.0416. The lowest BCUT2D eigenvalue weighted by atomic mass is 9.86. The predicted octanol–water partition coefficient (Wildman–Crippen LogP) is 4.07. The molecular formula is C24H33N3O4. The molecule has 0 radical (unpaired) electrons. The number of aromatic nitrogens is 2. The molecule has 168 valence electrons. The van der Waals surface area contributed by atoms with Crippen LogP contribution in [-0.2, 0) is 31.5 Å². The van der Waals surface area contributed by atoms with Crippen molar-refractivity contribution in [3.63, 3.8) is 0 Å². The molecule has 0 unspecified atom stereocenters. The number of benzene rings is 1. The first-order chi connectivity index (χ1) is 14.6. The second-order valence-corrected chi connectivity index (χ2v) is 8.35. The molecule has 2 aromatic rings. The van der Waals surface area contributed by atoms with E-state index in [1.165, 1.54) is 12.7 Å². The maximum atomic E-state index is 11.7. The zero-order valence-corrected chi connectivity index (χ0v) is 19.8. The number of ether oxygens (including phenoxy) is 3. The zero-order chi connectivity index (χ0) is 23.2. The fourth-order valence-corrected chi connectivity index (χ4v) is 3.21. The van der Waals surface area contributed by atoms with E-state index in [1.54, 1.807) is 17.9 Å². The number of carbonyl (C=O) groups excluding carboxylic acids is 1. The molecule has 0 aliphatic rings. The summed E-state index contributed by atoms with van der Waals surface area (Å²) in [5, 5.41) is 4.52. The molecule has 2 rings (SSSR count). The first-order valence-corrected chi connectivity index (χ1v) is 10.2. The molecule has 1 aromatic heterocycles. The monoisotopic (exact) mass is 427 g/mol. The Balaban J connectivity index is 2.58. The van der Waals surface area contributed by atoms with Crippen molar-refractivity contribution in [2.24, 2.45) is 12.0 Å². The van der Waals surface area contributed by atoms with Crippen molar-refractivity contribution in [3.05, 3.63) is 52.3 Å². The van der Waals surface area contributed by atoms with Gasteiger partial charge in [-0.05, 0) is 30.4 Å². The minimum Gasteiger partial charge on any atom is -0.454 e. The van der Waals surface area contributed by atoms with E-state index in [2.05, 4.69) is 55.1 Å². The van der Waals surface area contributed by atoms with E-state index >= 15 is 0 Å². The summed E-state index contributed by atoms with van der Waals surface area (Å²) in [7, 11) is 5.01. The van der Waals surface area contributed by atoms with E-state index < -0.39 is 5.97 Å². The Morgan fingerprint density at radius 2 is 1.81 bits per heavy atom. The summed E-state index contributed by atoms with van der Waals surface area (Å²) in [4.78, 5) is 16.0. The van der Waals surface area contributed by atoms with Crippen molar-refractivity contribution in [1.82, 2.24) is 9.78 Å². The standard InChI is InChI=1S/C24H33N3O4/c1-16-17(2)26-27(7)22(16)23(31-15-30-21(28)14-29-8)20(13-25-6)18-9-11-19(12-10-18)24(3,4)5/h9-13H,14-15H2,1-8H3/b23-20-,25-13-. The van der Waals surface area contributed by atoms with Gasteiger partial charge in [-0.2, -0.15) is 5.10 Å². The van der Waals surface area contributed by atoms with E-state index in [4.69, 9.17) is 14.2 Å². The number of nitrogens with zero attached hydrogens (tertiary/aromatic N) is 3. The topological polar surface area (TPSA) is 74.9 Å². The van der Waals surface area contributed by atoms with Gasteiger partial charge in [0.2, 0.25) is 6.79 Å². The van der Waals surface area contributed by atoms with Crippen LogP contribution in [0.5, 0.6) is 0 Å². The largest absolute Gasteiger partial charge is 0.454 e. The van der Waals surface area contributed by atoms with Crippen LogP contribution < -0.4 is 0 Å². The number of methoxy groups -OCH3 is 1.